The predicted molar refractivity (Wildman–Crippen MR) is 102 cm³/mol. The second kappa shape index (κ2) is 7.85. The van der Waals surface area contributed by atoms with Gasteiger partial charge >= 0.3 is 0 Å². The normalized spacial score (nSPS) is 11.6. The Morgan fingerprint density at radius 1 is 1.04 bits per heavy atom. The number of aromatic nitrogens is 2. The van der Waals surface area contributed by atoms with Gasteiger partial charge in [-0.2, -0.15) is 9.78 Å². The number of benzene rings is 2. The molecule has 0 spiro atoms. The van der Waals surface area contributed by atoms with E-state index in [0.717, 1.165) is 18.7 Å². The zero-order valence-corrected chi connectivity index (χ0v) is 14.6. The second-order valence-electron chi connectivity index (χ2n) is 5.78. The summed E-state index contributed by atoms with van der Waals surface area (Å²) < 4.78 is 1.42. The van der Waals surface area contributed by atoms with Gasteiger partial charge in [-0.15, -0.1) is 0 Å². The van der Waals surface area contributed by atoms with Crippen LogP contribution in [0.4, 0.5) is 0 Å². The molecule has 5 nitrogen and oxygen atoms in total. The average molecular weight is 334 g/mol. The van der Waals surface area contributed by atoms with Crippen LogP contribution in [0.3, 0.4) is 0 Å². The van der Waals surface area contributed by atoms with Crippen LogP contribution in [0.2, 0.25) is 0 Å². The Morgan fingerprint density at radius 3 is 2.44 bits per heavy atom. The number of hydrogen-bond acceptors (Lipinski definition) is 4. The van der Waals surface area contributed by atoms with Crippen molar-refractivity contribution in [3.8, 4) is 0 Å². The van der Waals surface area contributed by atoms with E-state index in [0.29, 0.717) is 23.3 Å². The zero-order chi connectivity index (χ0) is 17.6. The number of nitrogens with zero attached hydrogens (tertiary/aromatic N) is 4. The minimum absolute atomic E-state index is 0.139. The van der Waals surface area contributed by atoms with Crippen LogP contribution in [0.1, 0.15) is 25.2 Å². The molecule has 0 aliphatic carbocycles. The minimum Gasteiger partial charge on any atom is -0.296 e. The summed E-state index contributed by atoms with van der Waals surface area (Å²) in [5.41, 5.74) is 1.51. The van der Waals surface area contributed by atoms with Crippen molar-refractivity contribution in [1.82, 2.24) is 14.6 Å². The second-order valence-corrected chi connectivity index (χ2v) is 5.78. The summed E-state index contributed by atoms with van der Waals surface area (Å²) in [6.45, 7) is 6.56. The summed E-state index contributed by atoms with van der Waals surface area (Å²) in [5, 5.41) is 5.02. The van der Waals surface area contributed by atoms with Crippen LogP contribution in [-0.4, -0.2) is 33.9 Å². The molecule has 0 aliphatic rings. The van der Waals surface area contributed by atoms with Crippen LogP contribution in [-0.2, 0) is 6.54 Å². The lowest BCUT2D eigenvalue weighted by atomic mass is 10.2. The minimum atomic E-state index is -0.139. The Labute approximate surface area is 147 Å². The molecule has 0 radical (unpaired) electrons. The number of hydrogen-bond donors (Lipinski definition) is 0. The molecule has 1 aromatic heterocycles. The van der Waals surface area contributed by atoms with Crippen LogP contribution in [0, 0.1) is 0 Å². The number of rotatable bonds is 6. The van der Waals surface area contributed by atoms with E-state index in [2.05, 4.69) is 23.8 Å². The van der Waals surface area contributed by atoms with E-state index in [1.807, 2.05) is 48.5 Å². The van der Waals surface area contributed by atoms with Crippen molar-refractivity contribution >= 4 is 17.1 Å². The Hall–Kier alpha value is -2.79. The van der Waals surface area contributed by atoms with E-state index >= 15 is 0 Å². The standard InChI is InChI=1S/C20H22N4O/c1-3-23(4-2)15-19-22-18-13-9-8-12-17(18)20(25)24(19)21-14-16-10-6-5-7-11-16/h5-14H,3-4,15H2,1-2H3/b21-14+. The predicted octanol–water partition coefficient (Wildman–Crippen LogP) is 3.12. The van der Waals surface area contributed by atoms with Gasteiger partial charge in [-0.05, 0) is 30.8 Å². The van der Waals surface area contributed by atoms with Gasteiger partial charge in [0.1, 0.15) is 5.82 Å². The van der Waals surface area contributed by atoms with Gasteiger partial charge in [0.25, 0.3) is 5.56 Å². The van der Waals surface area contributed by atoms with Crippen molar-refractivity contribution in [3.63, 3.8) is 0 Å². The molecule has 3 rings (SSSR count). The van der Waals surface area contributed by atoms with Crippen molar-refractivity contribution in [1.29, 1.82) is 0 Å². The highest BCUT2D eigenvalue weighted by Crippen LogP contribution is 2.10. The van der Waals surface area contributed by atoms with E-state index in [1.165, 1.54) is 4.68 Å². The Morgan fingerprint density at radius 2 is 1.72 bits per heavy atom. The summed E-state index contributed by atoms with van der Waals surface area (Å²) >= 11 is 0. The quantitative estimate of drug-likeness (QED) is 0.651. The fourth-order valence-corrected chi connectivity index (χ4v) is 2.70. The maximum absolute atomic E-state index is 12.9. The summed E-state index contributed by atoms with van der Waals surface area (Å²) in [6.07, 6.45) is 1.70. The fraction of sp³-hybridized carbons (Fsp3) is 0.250. The molecule has 5 heteroatoms. The third kappa shape index (κ3) is 3.83. The first-order valence-electron chi connectivity index (χ1n) is 8.55. The lowest BCUT2D eigenvalue weighted by Gasteiger charge is -2.19. The molecular formula is C20H22N4O. The van der Waals surface area contributed by atoms with Gasteiger partial charge in [-0.1, -0.05) is 56.3 Å². The molecule has 0 fully saturated rings. The molecule has 25 heavy (non-hydrogen) atoms. The van der Waals surface area contributed by atoms with Crippen LogP contribution in [0.15, 0.2) is 64.5 Å². The lowest BCUT2D eigenvalue weighted by Crippen LogP contribution is -2.29. The average Bonchev–Trinajstić information content (AvgIpc) is 2.66. The Balaban J connectivity index is 2.11. The van der Waals surface area contributed by atoms with E-state index in [1.54, 1.807) is 12.3 Å². The molecule has 0 N–H and O–H groups in total. The smallest absolute Gasteiger partial charge is 0.282 e. The van der Waals surface area contributed by atoms with Crippen LogP contribution in [0.5, 0.6) is 0 Å². The van der Waals surface area contributed by atoms with E-state index < -0.39 is 0 Å². The van der Waals surface area contributed by atoms with Gasteiger partial charge in [-0.25, -0.2) is 4.98 Å². The third-order valence-electron chi connectivity index (χ3n) is 4.20. The van der Waals surface area contributed by atoms with Gasteiger partial charge in [0.05, 0.1) is 23.7 Å². The zero-order valence-electron chi connectivity index (χ0n) is 14.6. The molecule has 0 bridgehead atoms. The highest BCUT2D eigenvalue weighted by molar-refractivity contribution is 5.80. The largest absolute Gasteiger partial charge is 0.296 e. The SMILES string of the molecule is CCN(CC)Cc1nc2ccccc2c(=O)n1/N=C/c1ccccc1. The third-order valence-corrected chi connectivity index (χ3v) is 4.20. The van der Waals surface area contributed by atoms with Gasteiger partial charge in [0.2, 0.25) is 0 Å². The number of fused-ring (bicyclic) bond motifs is 1. The van der Waals surface area contributed by atoms with Gasteiger partial charge in [0, 0.05) is 0 Å². The van der Waals surface area contributed by atoms with Crippen LogP contribution >= 0.6 is 0 Å². The molecule has 1 heterocycles. The molecule has 0 aliphatic heterocycles. The monoisotopic (exact) mass is 334 g/mol. The first-order chi connectivity index (χ1) is 12.2. The molecule has 3 aromatic rings. The van der Waals surface area contributed by atoms with Crippen molar-refractivity contribution in [2.75, 3.05) is 13.1 Å². The van der Waals surface area contributed by atoms with E-state index in [9.17, 15) is 4.79 Å². The molecule has 2 aromatic carbocycles. The number of para-hydroxylation sites is 1. The van der Waals surface area contributed by atoms with Crippen molar-refractivity contribution in [2.45, 2.75) is 20.4 Å². The summed E-state index contributed by atoms with van der Waals surface area (Å²) in [4.78, 5) is 19.8. The molecule has 0 saturated heterocycles. The molecule has 0 saturated carbocycles. The Bertz CT molecular complexity index is 927. The summed E-state index contributed by atoms with van der Waals surface area (Å²) in [7, 11) is 0. The van der Waals surface area contributed by atoms with Crippen molar-refractivity contribution in [2.24, 2.45) is 5.10 Å². The molecule has 128 valence electrons. The molecule has 0 atom stereocenters. The van der Waals surface area contributed by atoms with Gasteiger partial charge in [0.15, 0.2) is 0 Å². The highest BCUT2D eigenvalue weighted by Gasteiger charge is 2.12. The lowest BCUT2D eigenvalue weighted by molar-refractivity contribution is 0.283. The molecular weight excluding hydrogens is 312 g/mol. The molecule has 0 unspecified atom stereocenters. The highest BCUT2D eigenvalue weighted by atomic mass is 16.1. The van der Waals surface area contributed by atoms with Gasteiger partial charge in [-0.3, -0.25) is 9.69 Å². The van der Waals surface area contributed by atoms with Crippen LogP contribution in [0.25, 0.3) is 10.9 Å². The Kier molecular flexibility index (Phi) is 5.36. The van der Waals surface area contributed by atoms with Crippen molar-refractivity contribution in [3.05, 3.63) is 76.3 Å². The first-order valence-corrected chi connectivity index (χ1v) is 8.55. The van der Waals surface area contributed by atoms with E-state index in [4.69, 9.17) is 4.98 Å². The summed E-state index contributed by atoms with van der Waals surface area (Å²) in [5.74, 6) is 0.652. The van der Waals surface area contributed by atoms with Crippen LogP contribution < -0.4 is 5.56 Å². The summed E-state index contributed by atoms with van der Waals surface area (Å²) in [6, 6.07) is 17.1. The van der Waals surface area contributed by atoms with Gasteiger partial charge < -0.3 is 0 Å². The first kappa shape index (κ1) is 17.0. The maximum atomic E-state index is 12.9. The van der Waals surface area contributed by atoms with E-state index in [-0.39, 0.29) is 5.56 Å². The topological polar surface area (TPSA) is 50.5 Å². The van der Waals surface area contributed by atoms with Crippen molar-refractivity contribution < 1.29 is 0 Å². The maximum Gasteiger partial charge on any atom is 0.282 e. The molecule has 0 amide bonds. The fourth-order valence-electron chi connectivity index (χ4n) is 2.70.